The van der Waals surface area contributed by atoms with Gasteiger partial charge in [-0.15, -0.1) is 0 Å². The lowest BCUT2D eigenvalue weighted by Crippen LogP contribution is -2.20. The zero-order valence-electron chi connectivity index (χ0n) is 11.2. The van der Waals surface area contributed by atoms with E-state index in [4.69, 9.17) is 0 Å². The number of hydrogen-bond acceptors (Lipinski definition) is 3. The van der Waals surface area contributed by atoms with Crippen LogP contribution in [0.2, 0.25) is 0 Å². The highest BCUT2D eigenvalue weighted by Gasteiger charge is 2.07. The molecular weight excluding hydrogens is 240 g/mol. The Hall–Kier alpha value is -2.30. The van der Waals surface area contributed by atoms with Crippen LogP contribution in [0.1, 0.15) is 16.8 Å². The van der Waals surface area contributed by atoms with Crippen molar-refractivity contribution in [3.05, 3.63) is 47.3 Å². The van der Waals surface area contributed by atoms with Gasteiger partial charge in [-0.25, -0.2) is 0 Å². The Bertz CT molecular complexity index is 562. The van der Waals surface area contributed by atoms with E-state index >= 15 is 0 Å². The number of para-hydroxylation sites is 1. The number of carbonyl (C=O) groups excluding carboxylic acids is 1. The standard InChI is InChI=1S/C14H18N4O/c1-10-12(9-17-18-10)8-16-13-6-4-3-5-11(13)7-14(19)15-2/h3-6,9,16H,7-8H2,1-2H3,(H,15,19)(H,17,18). The zero-order valence-corrected chi connectivity index (χ0v) is 11.2. The Kier molecular flexibility index (Phi) is 4.18. The number of likely N-dealkylation sites (N-methyl/N-ethyl adjacent to an activating group) is 1. The van der Waals surface area contributed by atoms with Crippen LogP contribution in [-0.2, 0) is 17.8 Å². The summed E-state index contributed by atoms with van der Waals surface area (Å²) in [6.45, 7) is 2.67. The number of aromatic amines is 1. The highest BCUT2D eigenvalue weighted by molar-refractivity contribution is 5.80. The van der Waals surface area contributed by atoms with Crippen molar-refractivity contribution in [3.63, 3.8) is 0 Å². The van der Waals surface area contributed by atoms with Crippen molar-refractivity contribution in [2.45, 2.75) is 19.9 Å². The van der Waals surface area contributed by atoms with Gasteiger partial charge in [-0.1, -0.05) is 18.2 Å². The van der Waals surface area contributed by atoms with Gasteiger partial charge >= 0.3 is 0 Å². The molecule has 1 amide bonds. The first-order valence-electron chi connectivity index (χ1n) is 6.22. The summed E-state index contributed by atoms with van der Waals surface area (Å²) in [6, 6.07) is 7.83. The fraction of sp³-hybridized carbons (Fsp3) is 0.286. The van der Waals surface area contributed by atoms with Gasteiger partial charge in [0, 0.05) is 30.5 Å². The van der Waals surface area contributed by atoms with Crippen LogP contribution in [0.5, 0.6) is 0 Å². The fourth-order valence-corrected chi connectivity index (χ4v) is 1.85. The largest absolute Gasteiger partial charge is 0.381 e. The Morgan fingerprint density at radius 2 is 2.11 bits per heavy atom. The number of rotatable bonds is 5. The summed E-state index contributed by atoms with van der Waals surface area (Å²) in [5.41, 5.74) is 4.14. The normalized spacial score (nSPS) is 10.2. The van der Waals surface area contributed by atoms with Gasteiger partial charge in [0.2, 0.25) is 5.91 Å². The number of nitrogens with zero attached hydrogens (tertiary/aromatic N) is 1. The minimum Gasteiger partial charge on any atom is -0.381 e. The molecule has 0 unspecified atom stereocenters. The molecule has 2 rings (SSSR count). The van der Waals surface area contributed by atoms with Gasteiger partial charge in [0.25, 0.3) is 0 Å². The highest BCUT2D eigenvalue weighted by atomic mass is 16.1. The van der Waals surface area contributed by atoms with Crippen molar-refractivity contribution in [3.8, 4) is 0 Å². The highest BCUT2D eigenvalue weighted by Crippen LogP contribution is 2.17. The number of benzene rings is 1. The number of hydrogen-bond donors (Lipinski definition) is 3. The molecule has 1 aromatic heterocycles. The number of aryl methyl sites for hydroxylation is 1. The zero-order chi connectivity index (χ0) is 13.7. The van der Waals surface area contributed by atoms with Gasteiger partial charge in [-0.2, -0.15) is 5.10 Å². The molecular formula is C14H18N4O. The summed E-state index contributed by atoms with van der Waals surface area (Å²) in [5, 5.41) is 12.9. The Morgan fingerprint density at radius 1 is 1.32 bits per heavy atom. The molecule has 19 heavy (non-hydrogen) atoms. The van der Waals surface area contributed by atoms with Crippen LogP contribution in [0.25, 0.3) is 0 Å². The molecule has 0 aliphatic rings. The predicted molar refractivity (Wildman–Crippen MR) is 74.9 cm³/mol. The summed E-state index contributed by atoms with van der Waals surface area (Å²) in [6.07, 6.45) is 2.19. The van der Waals surface area contributed by atoms with Crippen molar-refractivity contribution >= 4 is 11.6 Å². The second-order valence-corrected chi connectivity index (χ2v) is 4.38. The Labute approximate surface area is 112 Å². The molecule has 0 aliphatic carbocycles. The first kappa shape index (κ1) is 13.1. The predicted octanol–water partition coefficient (Wildman–Crippen LogP) is 1.62. The molecule has 2 aromatic rings. The minimum absolute atomic E-state index is 0.00809. The van der Waals surface area contributed by atoms with E-state index in [1.807, 2.05) is 37.4 Å². The lowest BCUT2D eigenvalue weighted by atomic mass is 10.1. The average molecular weight is 258 g/mol. The van der Waals surface area contributed by atoms with Gasteiger partial charge in [0.05, 0.1) is 12.6 Å². The van der Waals surface area contributed by atoms with Crippen molar-refractivity contribution in [2.24, 2.45) is 0 Å². The molecule has 5 heteroatoms. The Balaban J connectivity index is 2.07. The van der Waals surface area contributed by atoms with Gasteiger partial charge in [-0.05, 0) is 18.6 Å². The minimum atomic E-state index is 0.00809. The molecule has 0 bridgehead atoms. The molecule has 3 N–H and O–H groups in total. The molecule has 5 nitrogen and oxygen atoms in total. The van der Waals surface area contributed by atoms with E-state index in [2.05, 4.69) is 20.8 Å². The molecule has 0 saturated carbocycles. The topological polar surface area (TPSA) is 69.8 Å². The maximum atomic E-state index is 11.5. The van der Waals surface area contributed by atoms with Crippen molar-refractivity contribution < 1.29 is 4.79 Å². The summed E-state index contributed by atoms with van der Waals surface area (Å²) >= 11 is 0. The van der Waals surface area contributed by atoms with Crippen LogP contribution in [0.3, 0.4) is 0 Å². The molecule has 0 aliphatic heterocycles. The van der Waals surface area contributed by atoms with Crippen molar-refractivity contribution in [1.82, 2.24) is 15.5 Å². The first-order chi connectivity index (χ1) is 9.20. The molecule has 100 valence electrons. The van der Waals surface area contributed by atoms with Gasteiger partial charge in [0.1, 0.15) is 0 Å². The monoisotopic (exact) mass is 258 g/mol. The van der Waals surface area contributed by atoms with E-state index in [0.717, 1.165) is 22.5 Å². The fourth-order valence-electron chi connectivity index (χ4n) is 1.85. The van der Waals surface area contributed by atoms with Crippen LogP contribution in [0.4, 0.5) is 5.69 Å². The van der Waals surface area contributed by atoms with E-state index in [-0.39, 0.29) is 5.91 Å². The number of aromatic nitrogens is 2. The molecule has 0 saturated heterocycles. The second kappa shape index (κ2) is 6.04. The van der Waals surface area contributed by atoms with Crippen LogP contribution in [0, 0.1) is 6.92 Å². The number of amides is 1. The number of H-pyrrole nitrogens is 1. The van der Waals surface area contributed by atoms with Crippen LogP contribution >= 0.6 is 0 Å². The Morgan fingerprint density at radius 3 is 2.79 bits per heavy atom. The lowest BCUT2D eigenvalue weighted by Gasteiger charge is -2.11. The molecule has 1 heterocycles. The van der Waals surface area contributed by atoms with Crippen LogP contribution in [-0.4, -0.2) is 23.2 Å². The summed E-state index contributed by atoms with van der Waals surface area (Å²) in [5.74, 6) is 0.00809. The number of anilines is 1. The van der Waals surface area contributed by atoms with Crippen molar-refractivity contribution in [2.75, 3.05) is 12.4 Å². The van der Waals surface area contributed by atoms with E-state index in [1.54, 1.807) is 7.05 Å². The summed E-state index contributed by atoms with van der Waals surface area (Å²) < 4.78 is 0. The van der Waals surface area contributed by atoms with E-state index < -0.39 is 0 Å². The van der Waals surface area contributed by atoms with Crippen LogP contribution < -0.4 is 10.6 Å². The molecule has 0 atom stereocenters. The third-order valence-corrected chi connectivity index (χ3v) is 3.05. The van der Waals surface area contributed by atoms with Crippen molar-refractivity contribution in [1.29, 1.82) is 0 Å². The maximum Gasteiger partial charge on any atom is 0.224 e. The average Bonchev–Trinajstić information content (AvgIpc) is 2.83. The molecule has 1 aromatic carbocycles. The van der Waals surface area contributed by atoms with Gasteiger partial charge < -0.3 is 10.6 Å². The lowest BCUT2D eigenvalue weighted by molar-refractivity contribution is -0.119. The van der Waals surface area contributed by atoms with Gasteiger partial charge in [0.15, 0.2) is 0 Å². The molecule has 0 radical (unpaired) electrons. The summed E-state index contributed by atoms with van der Waals surface area (Å²) in [4.78, 5) is 11.5. The van der Waals surface area contributed by atoms with E-state index in [9.17, 15) is 4.79 Å². The SMILES string of the molecule is CNC(=O)Cc1ccccc1NCc1cn[nH]c1C. The quantitative estimate of drug-likeness (QED) is 0.763. The third kappa shape index (κ3) is 3.34. The van der Waals surface area contributed by atoms with Crippen LogP contribution in [0.15, 0.2) is 30.5 Å². The van der Waals surface area contributed by atoms with E-state index in [0.29, 0.717) is 13.0 Å². The first-order valence-corrected chi connectivity index (χ1v) is 6.22. The molecule has 0 spiro atoms. The maximum absolute atomic E-state index is 11.5. The third-order valence-electron chi connectivity index (χ3n) is 3.05. The van der Waals surface area contributed by atoms with E-state index in [1.165, 1.54) is 0 Å². The number of carbonyl (C=O) groups is 1. The smallest absolute Gasteiger partial charge is 0.224 e. The second-order valence-electron chi connectivity index (χ2n) is 4.38. The molecule has 0 fully saturated rings. The number of nitrogens with one attached hydrogen (secondary N) is 3. The van der Waals surface area contributed by atoms with Gasteiger partial charge in [-0.3, -0.25) is 9.89 Å². The summed E-state index contributed by atoms with van der Waals surface area (Å²) in [7, 11) is 1.65.